The van der Waals surface area contributed by atoms with Crippen LogP contribution in [0.5, 0.6) is 11.5 Å². The quantitative estimate of drug-likeness (QED) is 0.216. The Balaban J connectivity index is 1.26. The van der Waals surface area contributed by atoms with Gasteiger partial charge in [-0.25, -0.2) is 14.7 Å². The third-order valence-corrected chi connectivity index (χ3v) is 7.56. The number of hydrogen-bond donors (Lipinski definition) is 3. The third kappa shape index (κ3) is 6.64. The Morgan fingerprint density at radius 2 is 1.83 bits per heavy atom. The van der Waals surface area contributed by atoms with E-state index in [1.807, 2.05) is 4.90 Å². The number of nitrogens with zero attached hydrogens (tertiary/aromatic N) is 5. The number of nitrogens with one attached hydrogen (secondary N) is 3. The molecule has 1 saturated heterocycles. The lowest BCUT2D eigenvalue weighted by Gasteiger charge is -2.41. The smallest absolute Gasteiger partial charge is 0.330 e. The lowest BCUT2D eigenvalue weighted by Crippen LogP contribution is -2.51. The van der Waals surface area contributed by atoms with Crippen LogP contribution in [0.25, 0.3) is 0 Å². The van der Waals surface area contributed by atoms with Gasteiger partial charge < -0.3 is 30.3 Å². The van der Waals surface area contributed by atoms with Gasteiger partial charge in [0.1, 0.15) is 17.2 Å². The van der Waals surface area contributed by atoms with Gasteiger partial charge in [-0.2, -0.15) is 4.98 Å². The van der Waals surface area contributed by atoms with Gasteiger partial charge in [-0.1, -0.05) is 12.6 Å². The van der Waals surface area contributed by atoms with Gasteiger partial charge >= 0.3 is 6.03 Å². The highest BCUT2D eigenvalue weighted by Gasteiger charge is 2.37. The van der Waals surface area contributed by atoms with Crippen molar-refractivity contribution in [1.29, 1.82) is 0 Å². The average molecular weight is 621 g/mol. The SMILES string of the molecule is C=CC(=O)Nc1cccc(N2C(=O)N(C3CCOCC3)Cc3cnc(Nc4ccc(Oc5ccnc(C(=O)NC)c5)cc4)nc32)c1. The minimum Gasteiger partial charge on any atom is -0.457 e. The van der Waals surface area contributed by atoms with Gasteiger partial charge in [0.05, 0.1) is 12.2 Å². The molecule has 4 heterocycles. The van der Waals surface area contributed by atoms with E-state index in [1.54, 1.807) is 71.8 Å². The molecule has 4 aromatic rings. The van der Waals surface area contributed by atoms with Gasteiger partial charge in [-0.15, -0.1) is 0 Å². The summed E-state index contributed by atoms with van der Waals surface area (Å²) in [6, 6.07) is 17.2. The molecule has 4 amide bonds. The van der Waals surface area contributed by atoms with E-state index in [0.717, 1.165) is 18.4 Å². The van der Waals surface area contributed by atoms with E-state index >= 15 is 0 Å². The van der Waals surface area contributed by atoms with Gasteiger partial charge in [0, 0.05) is 61.7 Å². The molecule has 46 heavy (non-hydrogen) atoms. The molecule has 2 aliphatic rings. The van der Waals surface area contributed by atoms with Crippen LogP contribution < -0.4 is 25.6 Å². The lowest BCUT2D eigenvalue weighted by molar-refractivity contribution is -0.111. The first-order valence-corrected chi connectivity index (χ1v) is 14.7. The van der Waals surface area contributed by atoms with Crippen molar-refractivity contribution in [3.63, 3.8) is 0 Å². The van der Waals surface area contributed by atoms with E-state index in [1.165, 1.54) is 19.3 Å². The molecule has 1 fully saturated rings. The summed E-state index contributed by atoms with van der Waals surface area (Å²) in [6.07, 6.45) is 5.90. The van der Waals surface area contributed by atoms with E-state index in [2.05, 4.69) is 32.5 Å². The molecule has 2 aromatic heterocycles. The summed E-state index contributed by atoms with van der Waals surface area (Å²) < 4.78 is 11.4. The number of anilines is 5. The van der Waals surface area contributed by atoms with Crippen molar-refractivity contribution in [2.75, 3.05) is 35.8 Å². The molecule has 6 rings (SSSR count). The fraction of sp³-hybridized carbons (Fsp3) is 0.212. The Morgan fingerprint density at radius 1 is 1.02 bits per heavy atom. The monoisotopic (exact) mass is 620 g/mol. The standard InChI is InChI=1S/C33H32N8O5/c1-3-29(42)37-23-5-4-6-25(17-23)41-30-21(20-40(33(41)44)24-12-15-45-16-13-24)19-36-32(39-30)38-22-7-9-26(10-8-22)46-27-11-14-35-28(18-27)31(43)34-2/h3-11,14,17-19,24H,1,12-13,15-16,20H2,2H3,(H,34,43)(H,37,42)(H,36,38,39). The second-order valence-electron chi connectivity index (χ2n) is 10.6. The highest BCUT2D eigenvalue weighted by molar-refractivity contribution is 6.03. The van der Waals surface area contributed by atoms with Crippen LogP contribution in [0.2, 0.25) is 0 Å². The predicted molar refractivity (Wildman–Crippen MR) is 172 cm³/mol. The first-order valence-electron chi connectivity index (χ1n) is 14.7. The van der Waals surface area contributed by atoms with Crippen LogP contribution >= 0.6 is 0 Å². The number of carbonyl (C=O) groups is 3. The largest absolute Gasteiger partial charge is 0.457 e. The summed E-state index contributed by atoms with van der Waals surface area (Å²) >= 11 is 0. The molecular weight excluding hydrogens is 588 g/mol. The first kappa shape index (κ1) is 30.2. The Morgan fingerprint density at radius 3 is 2.59 bits per heavy atom. The van der Waals surface area contributed by atoms with Crippen LogP contribution in [0.15, 0.2) is 85.7 Å². The number of fused-ring (bicyclic) bond motifs is 1. The maximum Gasteiger partial charge on any atom is 0.330 e. The van der Waals surface area contributed by atoms with Crippen LogP contribution in [-0.4, -0.2) is 64.0 Å². The average Bonchev–Trinajstić information content (AvgIpc) is 3.09. The molecule has 0 atom stereocenters. The third-order valence-electron chi connectivity index (χ3n) is 7.56. The van der Waals surface area contributed by atoms with Crippen molar-refractivity contribution < 1.29 is 23.9 Å². The van der Waals surface area contributed by atoms with Crippen LogP contribution in [-0.2, 0) is 16.1 Å². The van der Waals surface area contributed by atoms with Crippen molar-refractivity contribution in [2.24, 2.45) is 0 Å². The van der Waals surface area contributed by atoms with Crippen molar-refractivity contribution in [1.82, 2.24) is 25.2 Å². The normalized spacial score (nSPS) is 14.7. The zero-order valence-corrected chi connectivity index (χ0v) is 25.1. The topological polar surface area (TPSA) is 151 Å². The number of urea groups is 1. The Labute approximate surface area is 265 Å². The molecule has 3 N–H and O–H groups in total. The van der Waals surface area contributed by atoms with Gasteiger partial charge in [0.2, 0.25) is 11.9 Å². The highest BCUT2D eigenvalue weighted by Crippen LogP contribution is 2.37. The minimum atomic E-state index is -0.356. The van der Waals surface area contributed by atoms with Crippen LogP contribution in [0.4, 0.5) is 33.6 Å². The number of pyridine rings is 1. The molecule has 0 unspecified atom stereocenters. The van der Waals surface area contributed by atoms with E-state index < -0.39 is 0 Å². The van der Waals surface area contributed by atoms with Crippen LogP contribution in [0.3, 0.4) is 0 Å². The molecular formula is C33H32N8O5. The minimum absolute atomic E-state index is 0.0154. The molecule has 13 heteroatoms. The second-order valence-corrected chi connectivity index (χ2v) is 10.6. The van der Waals surface area contributed by atoms with E-state index in [9.17, 15) is 14.4 Å². The Hall–Kier alpha value is -5.82. The summed E-state index contributed by atoms with van der Waals surface area (Å²) in [5.74, 6) is 1.11. The Bertz CT molecular complexity index is 1770. The molecule has 0 aliphatic carbocycles. The van der Waals surface area contributed by atoms with E-state index in [0.29, 0.717) is 60.1 Å². The molecule has 234 valence electrons. The maximum absolute atomic E-state index is 14.1. The number of amides is 4. The molecule has 0 spiro atoms. The summed E-state index contributed by atoms with van der Waals surface area (Å²) in [5, 5.41) is 8.50. The van der Waals surface area contributed by atoms with Gasteiger partial charge in [-0.3, -0.25) is 14.6 Å². The van der Waals surface area contributed by atoms with E-state index in [-0.39, 0.29) is 29.6 Å². The second kappa shape index (κ2) is 13.4. The molecule has 0 saturated carbocycles. The van der Waals surface area contributed by atoms with Crippen molar-refractivity contribution in [3.8, 4) is 11.5 Å². The number of hydrogen-bond acceptors (Lipinski definition) is 9. The molecule has 0 bridgehead atoms. The van der Waals surface area contributed by atoms with Gasteiger partial charge in [0.25, 0.3) is 5.91 Å². The van der Waals surface area contributed by atoms with Crippen molar-refractivity contribution in [3.05, 3.63) is 97.0 Å². The molecule has 2 aromatic carbocycles. The number of rotatable bonds is 9. The number of carbonyl (C=O) groups excluding carboxylic acids is 3. The summed E-state index contributed by atoms with van der Waals surface area (Å²) in [7, 11) is 1.54. The molecule has 0 radical (unpaired) electrons. The van der Waals surface area contributed by atoms with Gasteiger partial charge in [0.15, 0.2) is 5.82 Å². The predicted octanol–water partition coefficient (Wildman–Crippen LogP) is 5.14. The summed E-state index contributed by atoms with van der Waals surface area (Å²) in [6.45, 7) is 5.06. The zero-order chi connectivity index (χ0) is 32.0. The number of aromatic nitrogens is 3. The fourth-order valence-electron chi connectivity index (χ4n) is 5.26. The number of ether oxygens (including phenoxy) is 2. The molecule has 2 aliphatic heterocycles. The van der Waals surface area contributed by atoms with Gasteiger partial charge in [-0.05, 0) is 67.4 Å². The summed E-state index contributed by atoms with van der Waals surface area (Å²) in [4.78, 5) is 54.8. The maximum atomic E-state index is 14.1. The fourth-order valence-corrected chi connectivity index (χ4v) is 5.26. The highest BCUT2D eigenvalue weighted by atomic mass is 16.5. The first-order chi connectivity index (χ1) is 22.4. The lowest BCUT2D eigenvalue weighted by atomic mass is 10.0. The Kier molecular flexibility index (Phi) is 8.83. The zero-order valence-electron chi connectivity index (χ0n) is 25.1. The van der Waals surface area contributed by atoms with Crippen LogP contribution in [0.1, 0.15) is 28.9 Å². The van der Waals surface area contributed by atoms with Crippen molar-refractivity contribution in [2.45, 2.75) is 25.4 Å². The summed E-state index contributed by atoms with van der Waals surface area (Å²) in [5.41, 5.74) is 2.80. The van der Waals surface area contributed by atoms with Crippen molar-refractivity contribution >= 4 is 46.7 Å². The van der Waals surface area contributed by atoms with E-state index in [4.69, 9.17) is 14.5 Å². The van der Waals surface area contributed by atoms with Crippen LogP contribution in [0, 0.1) is 0 Å². The number of benzene rings is 2. The molecule has 13 nitrogen and oxygen atoms in total.